The van der Waals surface area contributed by atoms with Crippen LogP contribution in [-0.2, 0) is 19.1 Å². The molecule has 0 aromatic heterocycles. The summed E-state index contributed by atoms with van der Waals surface area (Å²) in [7, 11) is 0. The second-order valence-corrected chi connectivity index (χ2v) is 8.40. The molecule has 0 aliphatic carbocycles. The van der Waals surface area contributed by atoms with Gasteiger partial charge < -0.3 is 15.0 Å². The summed E-state index contributed by atoms with van der Waals surface area (Å²) in [6.07, 6.45) is 0.995. The number of hydrogen-bond acceptors (Lipinski definition) is 5. The predicted octanol–water partition coefficient (Wildman–Crippen LogP) is 3.15. The van der Waals surface area contributed by atoms with Gasteiger partial charge in [0.2, 0.25) is 5.91 Å². The Hall–Kier alpha value is -2.88. The molecular formula is C23H31N3O4. The van der Waals surface area contributed by atoms with E-state index in [1.54, 1.807) is 11.8 Å². The summed E-state index contributed by atoms with van der Waals surface area (Å²) in [6, 6.07) is 9.81. The summed E-state index contributed by atoms with van der Waals surface area (Å²) >= 11 is 0. The minimum Gasteiger partial charge on any atom is -0.455 e. The normalized spacial score (nSPS) is 19.2. The molecule has 30 heavy (non-hydrogen) atoms. The van der Waals surface area contributed by atoms with Gasteiger partial charge in [-0.2, -0.15) is 5.26 Å². The lowest BCUT2D eigenvalue weighted by Crippen LogP contribution is -2.50. The Morgan fingerprint density at radius 1 is 1.33 bits per heavy atom. The van der Waals surface area contributed by atoms with E-state index in [1.807, 2.05) is 38.1 Å². The van der Waals surface area contributed by atoms with Gasteiger partial charge >= 0.3 is 5.97 Å². The maximum absolute atomic E-state index is 12.6. The van der Waals surface area contributed by atoms with Crippen LogP contribution in [0.3, 0.4) is 0 Å². The van der Waals surface area contributed by atoms with E-state index in [1.165, 1.54) is 0 Å². The van der Waals surface area contributed by atoms with Crippen molar-refractivity contribution in [3.63, 3.8) is 0 Å². The molecule has 3 atom stereocenters. The Bertz CT molecular complexity index is 845. The van der Waals surface area contributed by atoms with Gasteiger partial charge in [0.1, 0.15) is 5.54 Å². The first-order chi connectivity index (χ1) is 14.1. The molecule has 1 fully saturated rings. The van der Waals surface area contributed by atoms with Crippen LogP contribution < -0.4 is 10.2 Å². The highest BCUT2D eigenvalue weighted by Gasteiger charge is 2.38. The lowest BCUT2D eigenvalue weighted by atomic mass is 9.90. The molecule has 0 radical (unpaired) electrons. The maximum atomic E-state index is 12.6. The number of nitrogens with zero attached hydrogens (tertiary/aromatic N) is 2. The molecule has 0 unspecified atom stereocenters. The van der Waals surface area contributed by atoms with E-state index < -0.39 is 29.9 Å². The van der Waals surface area contributed by atoms with Crippen LogP contribution in [0.5, 0.6) is 0 Å². The van der Waals surface area contributed by atoms with Crippen molar-refractivity contribution in [2.75, 3.05) is 18.1 Å². The van der Waals surface area contributed by atoms with Gasteiger partial charge in [0, 0.05) is 18.7 Å². The SMILES string of the molecule is CC[C@H](C)c1ccccc1N1C[C@@H](C(=O)OCC(=O)N[C@@](C)(C#N)C(C)C)CC1=O. The van der Waals surface area contributed by atoms with Crippen molar-refractivity contribution in [1.29, 1.82) is 5.26 Å². The third kappa shape index (κ3) is 5.18. The summed E-state index contributed by atoms with van der Waals surface area (Å²) in [5.41, 5.74) is 0.862. The van der Waals surface area contributed by atoms with E-state index in [9.17, 15) is 19.6 Å². The molecule has 2 rings (SSSR count). The highest BCUT2D eigenvalue weighted by atomic mass is 16.5. The Morgan fingerprint density at radius 2 is 2.00 bits per heavy atom. The van der Waals surface area contributed by atoms with Gasteiger partial charge in [-0.15, -0.1) is 0 Å². The molecule has 1 aliphatic rings. The summed E-state index contributed by atoms with van der Waals surface area (Å²) in [6.45, 7) is 9.23. The van der Waals surface area contributed by atoms with Gasteiger partial charge in [0.05, 0.1) is 12.0 Å². The molecule has 7 heteroatoms. The highest BCUT2D eigenvalue weighted by molar-refractivity contribution is 6.00. The number of benzene rings is 1. The minimum atomic E-state index is -1.04. The number of rotatable bonds is 8. The quantitative estimate of drug-likeness (QED) is 0.660. The molecule has 0 saturated carbocycles. The predicted molar refractivity (Wildman–Crippen MR) is 114 cm³/mol. The van der Waals surface area contributed by atoms with Crippen molar-refractivity contribution in [2.45, 2.75) is 58.9 Å². The first kappa shape index (κ1) is 23.4. The van der Waals surface area contributed by atoms with E-state index in [-0.39, 0.29) is 24.8 Å². The van der Waals surface area contributed by atoms with Crippen LogP contribution in [0.1, 0.15) is 58.9 Å². The van der Waals surface area contributed by atoms with E-state index in [4.69, 9.17) is 4.74 Å². The molecule has 1 heterocycles. The number of hydrogen-bond donors (Lipinski definition) is 1. The number of nitrogens with one attached hydrogen (secondary N) is 1. The van der Waals surface area contributed by atoms with E-state index in [0.29, 0.717) is 5.92 Å². The van der Waals surface area contributed by atoms with Crippen molar-refractivity contribution in [3.05, 3.63) is 29.8 Å². The van der Waals surface area contributed by atoms with Gasteiger partial charge in [-0.05, 0) is 36.8 Å². The first-order valence-corrected chi connectivity index (χ1v) is 10.4. The number of ether oxygens (including phenoxy) is 1. The number of amides is 2. The Kier molecular flexibility index (Phi) is 7.60. The van der Waals surface area contributed by atoms with Crippen molar-refractivity contribution in [3.8, 4) is 6.07 Å². The molecule has 1 aromatic carbocycles. The number of esters is 1. The topological polar surface area (TPSA) is 99.5 Å². The first-order valence-electron chi connectivity index (χ1n) is 10.4. The summed E-state index contributed by atoms with van der Waals surface area (Å²) in [5, 5.41) is 11.9. The van der Waals surface area contributed by atoms with Crippen LogP contribution in [-0.4, -0.2) is 36.5 Å². The molecular weight excluding hydrogens is 382 g/mol. The fourth-order valence-corrected chi connectivity index (χ4v) is 3.35. The molecule has 162 valence electrons. The number of anilines is 1. The standard InChI is InChI=1S/C23H31N3O4/c1-6-16(4)18-9-7-8-10-19(18)26-12-17(11-21(26)28)22(29)30-13-20(27)25-23(5,14-24)15(2)3/h7-10,15-17H,6,11-13H2,1-5H3,(H,25,27)/t16-,17-,23-/m0/s1. The van der Waals surface area contributed by atoms with E-state index in [0.717, 1.165) is 17.7 Å². The summed E-state index contributed by atoms with van der Waals surface area (Å²) in [5.74, 6) is -1.68. The molecule has 1 N–H and O–H groups in total. The average Bonchev–Trinajstić information content (AvgIpc) is 3.12. The van der Waals surface area contributed by atoms with Gasteiger partial charge in [-0.3, -0.25) is 14.4 Å². The third-order valence-corrected chi connectivity index (χ3v) is 5.96. The number of para-hydroxylation sites is 1. The largest absolute Gasteiger partial charge is 0.455 e. The zero-order chi connectivity index (χ0) is 22.5. The van der Waals surface area contributed by atoms with Crippen LogP contribution in [0, 0.1) is 23.2 Å². The Labute approximate surface area is 178 Å². The Morgan fingerprint density at radius 3 is 2.60 bits per heavy atom. The van der Waals surface area contributed by atoms with Crippen LogP contribution >= 0.6 is 0 Å². The van der Waals surface area contributed by atoms with Gasteiger partial charge in [-0.1, -0.05) is 45.9 Å². The fourth-order valence-electron chi connectivity index (χ4n) is 3.35. The van der Waals surface area contributed by atoms with Gasteiger partial charge in [-0.25, -0.2) is 0 Å². The number of carbonyl (C=O) groups is 3. The van der Waals surface area contributed by atoms with Gasteiger partial charge in [0.15, 0.2) is 6.61 Å². The van der Waals surface area contributed by atoms with Crippen molar-refractivity contribution in [1.82, 2.24) is 5.32 Å². The summed E-state index contributed by atoms with van der Waals surface area (Å²) < 4.78 is 5.15. The maximum Gasteiger partial charge on any atom is 0.311 e. The highest BCUT2D eigenvalue weighted by Crippen LogP contribution is 2.33. The van der Waals surface area contributed by atoms with Crippen molar-refractivity contribution in [2.24, 2.45) is 11.8 Å². The molecule has 1 aromatic rings. The van der Waals surface area contributed by atoms with Crippen LogP contribution in [0.25, 0.3) is 0 Å². The minimum absolute atomic E-state index is 0.0528. The van der Waals surface area contributed by atoms with Crippen LogP contribution in [0.15, 0.2) is 24.3 Å². The summed E-state index contributed by atoms with van der Waals surface area (Å²) in [4.78, 5) is 38.8. The molecule has 2 amide bonds. The molecule has 0 bridgehead atoms. The third-order valence-electron chi connectivity index (χ3n) is 5.96. The molecule has 7 nitrogen and oxygen atoms in total. The monoisotopic (exact) mass is 413 g/mol. The van der Waals surface area contributed by atoms with Crippen LogP contribution in [0.2, 0.25) is 0 Å². The fraction of sp³-hybridized carbons (Fsp3) is 0.565. The zero-order valence-electron chi connectivity index (χ0n) is 18.4. The zero-order valence-corrected chi connectivity index (χ0v) is 18.4. The van der Waals surface area contributed by atoms with E-state index in [2.05, 4.69) is 25.2 Å². The molecule has 1 aliphatic heterocycles. The molecule has 0 spiro atoms. The lowest BCUT2D eigenvalue weighted by molar-refractivity contribution is -0.152. The number of carbonyl (C=O) groups excluding carboxylic acids is 3. The smallest absolute Gasteiger partial charge is 0.311 e. The van der Waals surface area contributed by atoms with E-state index >= 15 is 0 Å². The average molecular weight is 414 g/mol. The van der Waals surface area contributed by atoms with Crippen molar-refractivity contribution < 1.29 is 19.1 Å². The number of nitriles is 1. The van der Waals surface area contributed by atoms with Crippen LogP contribution in [0.4, 0.5) is 5.69 Å². The second kappa shape index (κ2) is 9.75. The second-order valence-electron chi connectivity index (χ2n) is 8.40. The Balaban J connectivity index is 2.00. The van der Waals surface area contributed by atoms with Crippen molar-refractivity contribution >= 4 is 23.5 Å². The lowest BCUT2D eigenvalue weighted by Gasteiger charge is -2.27. The van der Waals surface area contributed by atoms with Gasteiger partial charge in [0.25, 0.3) is 5.91 Å². The molecule has 1 saturated heterocycles.